The van der Waals surface area contributed by atoms with Crippen molar-refractivity contribution in [3.8, 4) is 0 Å². The Labute approximate surface area is 250 Å². The van der Waals surface area contributed by atoms with Gasteiger partial charge in [-0.2, -0.15) is 0 Å². The second kappa shape index (κ2) is 32.5. The normalized spacial score (nSPS) is 12.0. The molecule has 0 aromatic heterocycles. The molecule has 0 aliphatic carbocycles. The molecule has 0 bridgehead atoms. The minimum Gasteiger partial charge on any atom is -0.324 e. The van der Waals surface area contributed by atoms with Crippen LogP contribution in [-0.4, -0.2) is 30.7 Å². The Kier molecular flexibility index (Phi) is 32.4. The second-order valence-corrected chi connectivity index (χ2v) is 13.4. The molecule has 0 spiro atoms. The molecule has 0 unspecified atom stereocenters. The Morgan fingerprint density at radius 3 is 0.538 bits per heavy atom. The Bertz CT molecular complexity index is 385. The van der Waals surface area contributed by atoms with Gasteiger partial charge in [0.25, 0.3) is 0 Å². The lowest BCUT2D eigenvalue weighted by molar-refractivity contribution is -0.929. The van der Waals surface area contributed by atoms with E-state index < -0.39 is 0 Å². The van der Waals surface area contributed by atoms with Crippen LogP contribution in [0.1, 0.15) is 220 Å². The Morgan fingerprint density at radius 2 is 0.359 bits per heavy atom. The van der Waals surface area contributed by atoms with Gasteiger partial charge in [0.2, 0.25) is 0 Å². The average Bonchev–Trinajstić information content (AvgIpc) is 2.95. The van der Waals surface area contributed by atoms with Gasteiger partial charge in [-0.25, -0.2) is 0 Å². The molecule has 0 amide bonds. The summed E-state index contributed by atoms with van der Waals surface area (Å²) >= 11 is 0. The van der Waals surface area contributed by atoms with Gasteiger partial charge >= 0.3 is 0 Å². The van der Waals surface area contributed by atoms with Crippen molar-refractivity contribution in [3.05, 3.63) is 0 Å². The van der Waals surface area contributed by atoms with E-state index in [9.17, 15) is 0 Å². The summed E-state index contributed by atoms with van der Waals surface area (Å²) in [4.78, 5) is 0. The van der Waals surface area contributed by atoms with E-state index >= 15 is 0 Å². The zero-order chi connectivity index (χ0) is 28.5. The van der Waals surface area contributed by atoms with Crippen LogP contribution in [0.5, 0.6) is 0 Å². The molecule has 0 saturated heterocycles. The third kappa shape index (κ3) is 27.9. The third-order valence-electron chi connectivity index (χ3n) is 9.44. The zero-order valence-corrected chi connectivity index (χ0v) is 28.5. The molecule has 0 aromatic carbocycles. The highest BCUT2D eigenvalue weighted by Gasteiger charge is 2.25. The molecule has 0 aliphatic heterocycles. The molecule has 1 heteroatoms. The van der Waals surface area contributed by atoms with Gasteiger partial charge in [0.15, 0.2) is 0 Å². The third-order valence-corrected chi connectivity index (χ3v) is 9.44. The van der Waals surface area contributed by atoms with E-state index in [0.29, 0.717) is 0 Å². The largest absolute Gasteiger partial charge is 0.324 e. The minimum absolute atomic E-state index is 1.37. The maximum atomic E-state index is 2.34. The van der Waals surface area contributed by atoms with Crippen LogP contribution in [0.25, 0.3) is 0 Å². The van der Waals surface area contributed by atoms with Crippen molar-refractivity contribution in [2.45, 2.75) is 220 Å². The summed E-state index contributed by atoms with van der Waals surface area (Å²) in [5, 5.41) is 0. The van der Waals surface area contributed by atoms with Gasteiger partial charge in [-0.05, 0) is 51.4 Å². The fourth-order valence-corrected chi connectivity index (χ4v) is 6.64. The molecular formula is C38H80N+. The smallest absolute Gasteiger partial charge is 0.0786 e. The van der Waals surface area contributed by atoms with Crippen LogP contribution in [0.4, 0.5) is 0 Å². The SMILES string of the molecule is CCCCCCCCCCC[N+](CCCCCCCCC)(CCCCCCCCC)CCCCCCCCC. The lowest BCUT2D eigenvalue weighted by Gasteiger charge is -2.40. The van der Waals surface area contributed by atoms with E-state index in [2.05, 4.69) is 27.7 Å². The monoisotopic (exact) mass is 551 g/mol. The van der Waals surface area contributed by atoms with Crippen molar-refractivity contribution in [2.24, 2.45) is 0 Å². The van der Waals surface area contributed by atoms with Crippen molar-refractivity contribution >= 4 is 0 Å². The standard InChI is InChI=1S/C38H80N/c1-5-9-13-17-21-22-26-30-34-38-39(35-31-27-23-18-14-10-6-2,36-32-28-24-19-15-11-7-3)37-33-29-25-20-16-12-8-4/h5-38H2,1-4H3/q+1. The number of rotatable bonds is 34. The molecule has 0 N–H and O–H groups in total. The first-order valence-electron chi connectivity index (χ1n) is 19.1. The zero-order valence-electron chi connectivity index (χ0n) is 28.5. The second-order valence-electron chi connectivity index (χ2n) is 13.4. The van der Waals surface area contributed by atoms with Gasteiger partial charge in [0, 0.05) is 0 Å². The molecule has 0 rings (SSSR count). The van der Waals surface area contributed by atoms with E-state index in [1.807, 2.05) is 0 Å². The van der Waals surface area contributed by atoms with Gasteiger partial charge in [-0.3, -0.25) is 0 Å². The maximum absolute atomic E-state index is 2.34. The van der Waals surface area contributed by atoms with Crippen LogP contribution in [0.2, 0.25) is 0 Å². The number of hydrogen-bond acceptors (Lipinski definition) is 0. The van der Waals surface area contributed by atoms with Gasteiger partial charge in [0.1, 0.15) is 0 Å². The first-order chi connectivity index (χ1) is 19.2. The highest BCUT2D eigenvalue weighted by molar-refractivity contribution is 4.55. The predicted molar refractivity (Wildman–Crippen MR) is 181 cm³/mol. The Hall–Kier alpha value is -0.0400. The number of quaternary nitrogens is 1. The quantitative estimate of drug-likeness (QED) is 0.0552. The summed E-state index contributed by atoms with van der Waals surface area (Å²) in [6, 6.07) is 0. The summed E-state index contributed by atoms with van der Waals surface area (Å²) in [6.07, 6.45) is 43.7. The molecule has 39 heavy (non-hydrogen) atoms. The van der Waals surface area contributed by atoms with Crippen LogP contribution < -0.4 is 0 Å². The molecule has 1 nitrogen and oxygen atoms in total. The lowest BCUT2D eigenvalue weighted by atomic mass is 10.0. The molecule has 0 heterocycles. The first-order valence-corrected chi connectivity index (χ1v) is 19.1. The van der Waals surface area contributed by atoms with E-state index in [1.54, 1.807) is 0 Å². The van der Waals surface area contributed by atoms with Crippen molar-refractivity contribution in [1.29, 1.82) is 0 Å². The highest BCUT2D eigenvalue weighted by Crippen LogP contribution is 2.21. The van der Waals surface area contributed by atoms with Crippen LogP contribution in [0, 0.1) is 0 Å². The average molecular weight is 551 g/mol. The highest BCUT2D eigenvalue weighted by atomic mass is 15.3. The van der Waals surface area contributed by atoms with Crippen molar-refractivity contribution in [3.63, 3.8) is 0 Å². The molecule has 0 saturated carbocycles. The van der Waals surface area contributed by atoms with Crippen LogP contribution in [0.3, 0.4) is 0 Å². The van der Waals surface area contributed by atoms with E-state index in [0.717, 1.165) is 0 Å². The predicted octanol–water partition coefficient (Wildman–Crippen LogP) is 13.6. The molecule has 0 aromatic rings. The lowest BCUT2D eigenvalue weighted by Crippen LogP contribution is -2.50. The first kappa shape index (κ1) is 39.0. The molecular weight excluding hydrogens is 470 g/mol. The number of hydrogen-bond donors (Lipinski definition) is 0. The summed E-state index contributed by atoms with van der Waals surface area (Å²) in [5.41, 5.74) is 0. The molecule has 0 atom stereocenters. The topological polar surface area (TPSA) is 0 Å². The van der Waals surface area contributed by atoms with Crippen molar-refractivity contribution in [2.75, 3.05) is 26.2 Å². The number of nitrogens with zero attached hydrogens (tertiary/aromatic N) is 1. The Morgan fingerprint density at radius 1 is 0.205 bits per heavy atom. The van der Waals surface area contributed by atoms with Crippen molar-refractivity contribution < 1.29 is 4.48 Å². The fourth-order valence-electron chi connectivity index (χ4n) is 6.64. The summed E-state index contributed by atoms with van der Waals surface area (Å²) in [5.74, 6) is 0. The molecule has 236 valence electrons. The van der Waals surface area contributed by atoms with Crippen LogP contribution in [0.15, 0.2) is 0 Å². The van der Waals surface area contributed by atoms with E-state index in [4.69, 9.17) is 0 Å². The van der Waals surface area contributed by atoms with E-state index in [-0.39, 0.29) is 0 Å². The summed E-state index contributed by atoms with van der Waals surface area (Å²) in [7, 11) is 0. The van der Waals surface area contributed by atoms with Gasteiger partial charge in [-0.1, -0.05) is 169 Å². The minimum atomic E-state index is 1.37. The van der Waals surface area contributed by atoms with Gasteiger partial charge in [0.05, 0.1) is 26.2 Å². The molecule has 0 aliphatic rings. The molecule has 0 radical (unpaired) electrons. The Balaban J connectivity index is 4.78. The summed E-state index contributed by atoms with van der Waals surface area (Å²) in [6.45, 7) is 15.3. The van der Waals surface area contributed by atoms with Gasteiger partial charge < -0.3 is 4.48 Å². The van der Waals surface area contributed by atoms with E-state index in [1.165, 1.54) is 223 Å². The van der Waals surface area contributed by atoms with Crippen LogP contribution >= 0.6 is 0 Å². The van der Waals surface area contributed by atoms with Crippen molar-refractivity contribution in [1.82, 2.24) is 0 Å². The fraction of sp³-hybridized carbons (Fsp3) is 1.00. The van der Waals surface area contributed by atoms with Gasteiger partial charge in [-0.15, -0.1) is 0 Å². The molecule has 0 fully saturated rings. The maximum Gasteiger partial charge on any atom is 0.0786 e. The van der Waals surface area contributed by atoms with Crippen LogP contribution in [-0.2, 0) is 0 Å². The number of unbranched alkanes of at least 4 members (excludes halogenated alkanes) is 26. The summed E-state index contributed by atoms with van der Waals surface area (Å²) < 4.78 is 1.48.